The summed E-state index contributed by atoms with van der Waals surface area (Å²) in [6.45, 7) is 5.42. The van der Waals surface area contributed by atoms with Crippen molar-refractivity contribution in [1.82, 2.24) is 19.9 Å². The van der Waals surface area contributed by atoms with Crippen LogP contribution >= 0.6 is 0 Å². The molecule has 2 aromatic rings. The Balaban J connectivity index is 1.92. The second-order valence-corrected chi connectivity index (χ2v) is 5.21. The molecule has 2 rings (SSSR count). The average Bonchev–Trinajstić information content (AvgIpc) is 2.54. The van der Waals surface area contributed by atoms with Crippen LogP contribution in [0.2, 0.25) is 0 Å². The Hall–Kier alpha value is -2.27. The molecule has 0 spiro atoms. The van der Waals surface area contributed by atoms with Crippen LogP contribution in [0.15, 0.2) is 55.8 Å². The maximum atomic E-state index is 5.95. The van der Waals surface area contributed by atoms with E-state index in [0.717, 1.165) is 25.9 Å². The van der Waals surface area contributed by atoms with Gasteiger partial charge >= 0.3 is 0 Å². The van der Waals surface area contributed by atoms with Crippen LogP contribution in [0.4, 0.5) is 0 Å². The molecule has 22 heavy (non-hydrogen) atoms. The van der Waals surface area contributed by atoms with Gasteiger partial charge in [-0.3, -0.25) is 14.9 Å². The zero-order chi connectivity index (χ0) is 15.6. The van der Waals surface area contributed by atoms with Gasteiger partial charge in [0.25, 0.3) is 0 Å². The molecule has 2 aromatic heterocycles. The molecule has 5 nitrogen and oxygen atoms in total. The Morgan fingerprint density at radius 1 is 1.27 bits per heavy atom. The molecule has 0 aliphatic rings. The highest BCUT2D eigenvalue weighted by molar-refractivity contribution is 5.08. The van der Waals surface area contributed by atoms with Gasteiger partial charge in [0.15, 0.2) is 0 Å². The average molecular weight is 298 g/mol. The molecule has 1 atom stereocenters. The summed E-state index contributed by atoms with van der Waals surface area (Å²) in [4.78, 5) is 14.6. The summed E-state index contributed by atoms with van der Waals surface area (Å²) in [7, 11) is 2.08. The van der Waals surface area contributed by atoms with Gasteiger partial charge in [-0.05, 0) is 31.5 Å². The number of likely N-dealkylation sites (N-methyl/N-ethyl adjacent to an activating group) is 1. The Kier molecular flexibility index (Phi) is 6.51. The first-order valence-corrected chi connectivity index (χ1v) is 7.39. The lowest BCUT2D eigenvalue weighted by Gasteiger charge is -2.24. The van der Waals surface area contributed by atoms with Crippen molar-refractivity contribution in [3.63, 3.8) is 0 Å². The first-order valence-electron chi connectivity index (χ1n) is 7.39. The van der Waals surface area contributed by atoms with Crippen molar-refractivity contribution < 1.29 is 4.74 Å². The number of hydrogen-bond donors (Lipinski definition) is 0. The lowest BCUT2D eigenvalue weighted by Crippen LogP contribution is -2.33. The topological polar surface area (TPSA) is 51.1 Å². The SMILES string of the molecule is C=CCCC(CN(C)Cc1cccnc1)Oc1cnccn1. The van der Waals surface area contributed by atoms with Crippen molar-refractivity contribution in [2.45, 2.75) is 25.5 Å². The monoisotopic (exact) mass is 298 g/mol. The summed E-state index contributed by atoms with van der Waals surface area (Å²) >= 11 is 0. The van der Waals surface area contributed by atoms with E-state index in [1.165, 1.54) is 5.56 Å². The van der Waals surface area contributed by atoms with E-state index in [-0.39, 0.29) is 6.10 Å². The summed E-state index contributed by atoms with van der Waals surface area (Å²) in [5.41, 5.74) is 1.19. The van der Waals surface area contributed by atoms with E-state index in [0.29, 0.717) is 5.88 Å². The van der Waals surface area contributed by atoms with E-state index >= 15 is 0 Å². The largest absolute Gasteiger partial charge is 0.472 e. The Morgan fingerprint density at radius 2 is 2.14 bits per heavy atom. The molecule has 2 heterocycles. The molecule has 0 radical (unpaired) electrons. The highest BCUT2D eigenvalue weighted by Crippen LogP contribution is 2.12. The molecule has 0 fully saturated rings. The molecule has 0 aliphatic heterocycles. The normalized spacial score (nSPS) is 12.1. The maximum Gasteiger partial charge on any atom is 0.232 e. The number of aromatic nitrogens is 3. The van der Waals surface area contributed by atoms with Gasteiger partial charge in [0.2, 0.25) is 5.88 Å². The van der Waals surface area contributed by atoms with E-state index in [9.17, 15) is 0 Å². The molecule has 1 unspecified atom stereocenters. The van der Waals surface area contributed by atoms with Crippen LogP contribution in [-0.4, -0.2) is 39.5 Å². The van der Waals surface area contributed by atoms with Gasteiger partial charge in [0.05, 0.1) is 6.20 Å². The van der Waals surface area contributed by atoms with E-state index in [4.69, 9.17) is 4.74 Å². The molecule has 0 bridgehead atoms. The minimum Gasteiger partial charge on any atom is -0.472 e. The molecular weight excluding hydrogens is 276 g/mol. The van der Waals surface area contributed by atoms with Gasteiger partial charge in [-0.2, -0.15) is 0 Å². The minimum atomic E-state index is 0.0522. The zero-order valence-corrected chi connectivity index (χ0v) is 12.9. The Labute approximate surface area is 131 Å². The van der Waals surface area contributed by atoms with Crippen molar-refractivity contribution in [2.75, 3.05) is 13.6 Å². The van der Waals surface area contributed by atoms with Crippen molar-refractivity contribution >= 4 is 0 Å². The zero-order valence-electron chi connectivity index (χ0n) is 12.9. The number of ether oxygens (including phenoxy) is 1. The van der Waals surface area contributed by atoms with Crippen LogP contribution in [0.1, 0.15) is 18.4 Å². The van der Waals surface area contributed by atoms with Gasteiger partial charge in [0.1, 0.15) is 6.10 Å². The molecule has 0 N–H and O–H groups in total. The fourth-order valence-electron chi connectivity index (χ4n) is 2.22. The second-order valence-electron chi connectivity index (χ2n) is 5.21. The lowest BCUT2D eigenvalue weighted by molar-refractivity contribution is 0.131. The third-order valence-corrected chi connectivity index (χ3v) is 3.21. The third kappa shape index (κ3) is 5.61. The smallest absolute Gasteiger partial charge is 0.232 e. The van der Waals surface area contributed by atoms with E-state index in [1.807, 2.05) is 18.3 Å². The lowest BCUT2D eigenvalue weighted by atomic mass is 10.1. The predicted molar refractivity (Wildman–Crippen MR) is 86.5 cm³/mol. The summed E-state index contributed by atoms with van der Waals surface area (Å²) < 4.78 is 5.95. The number of allylic oxidation sites excluding steroid dienone is 1. The quantitative estimate of drug-likeness (QED) is 0.666. The second kappa shape index (κ2) is 8.89. The number of pyridine rings is 1. The van der Waals surface area contributed by atoms with E-state index in [1.54, 1.807) is 24.8 Å². The Morgan fingerprint density at radius 3 is 2.82 bits per heavy atom. The maximum absolute atomic E-state index is 5.95. The van der Waals surface area contributed by atoms with Crippen LogP contribution in [0, 0.1) is 0 Å². The van der Waals surface area contributed by atoms with E-state index < -0.39 is 0 Å². The summed E-state index contributed by atoms with van der Waals surface area (Å²) in [5, 5.41) is 0. The van der Waals surface area contributed by atoms with Crippen molar-refractivity contribution in [1.29, 1.82) is 0 Å². The molecule has 0 saturated heterocycles. The Bertz CT molecular complexity index is 547. The molecule has 0 amide bonds. The molecule has 5 heteroatoms. The molecular formula is C17H22N4O. The van der Waals surface area contributed by atoms with E-state index in [2.05, 4.69) is 39.5 Å². The van der Waals surface area contributed by atoms with Gasteiger partial charge < -0.3 is 4.74 Å². The third-order valence-electron chi connectivity index (χ3n) is 3.21. The number of nitrogens with zero attached hydrogens (tertiary/aromatic N) is 4. The highest BCUT2D eigenvalue weighted by Gasteiger charge is 2.14. The van der Waals surface area contributed by atoms with Gasteiger partial charge in [-0.25, -0.2) is 4.98 Å². The van der Waals surface area contributed by atoms with Gasteiger partial charge in [-0.15, -0.1) is 6.58 Å². The molecule has 0 aliphatic carbocycles. The summed E-state index contributed by atoms with van der Waals surface area (Å²) in [5.74, 6) is 0.561. The van der Waals surface area contributed by atoms with Crippen LogP contribution in [0.3, 0.4) is 0 Å². The van der Waals surface area contributed by atoms with Crippen molar-refractivity contribution in [3.8, 4) is 5.88 Å². The molecule has 0 aromatic carbocycles. The van der Waals surface area contributed by atoms with Gasteiger partial charge in [-0.1, -0.05) is 12.1 Å². The fourth-order valence-corrected chi connectivity index (χ4v) is 2.22. The van der Waals surface area contributed by atoms with Crippen molar-refractivity contribution in [3.05, 3.63) is 61.3 Å². The predicted octanol–water partition coefficient (Wildman–Crippen LogP) is 2.72. The summed E-state index contributed by atoms with van der Waals surface area (Å²) in [6.07, 6.45) is 12.4. The minimum absolute atomic E-state index is 0.0522. The first-order chi connectivity index (χ1) is 10.8. The highest BCUT2D eigenvalue weighted by atomic mass is 16.5. The molecule has 116 valence electrons. The fraction of sp³-hybridized carbons (Fsp3) is 0.353. The first kappa shape index (κ1) is 16.1. The van der Waals surface area contributed by atoms with Crippen LogP contribution in [0.5, 0.6) is 5.88 Å². The van der Waals surface area contributed by atoms with Crippen molar-refractivity contribution in [2.24, 2.45) is 0 Å². The van der Waals surface area contributed by atoms with Crippen LogP contribution in [-0.2, 0) is 6.54 Å². The number of hydrogen-bond acceptors (Lipinski definition) is 5. The number of rotatable bonds is 9. The summed E-state index contributed by atoms with van der Waals surface area (Å²) in [6, 6.07) is 4.03. The standard InChI is InChI=1S/C17H22N4O/c1-3-4-7-16(22-17-12-19-9-10-20-17)14-21(2)13-15-6-5-8-18-11-15/h3,5-6,8-12,16H,1,4,7,13-14H2,2H3. The molecule has 0 saturated carbocycles. The van der Waals surface area contributed by atoms with Gasteiger partial charge in [0, 0.05) is 37.9 Å². The van der Waals surface area contributed by atoms with Crippen LogP contribution < -0.4 is 4.74 Å². The van der Waals surface area contributed by atoms with Crippen LogP contribution in [0.25, 0.3) is 0 Å².